The second kappa shape index (κ2) is 9.78. The summed E-state index contributed by atoms with van der Waals surface area (Å²) in [4.78, 5) is 37.4. The molecule has 0 aliphatic rings. The van der Waals surface area contributed by atoms with Crippen molar-refractivity contribution in [2.45, 2.75) is 33.6 Å². The predicted molar refractivity (Wildman–Crippen MR) is 96.7 cm³/mol. The molecule has 0 spiro atoms. The summed E-state index contributed by atoms with van der Waals surface area (Å²) in [6.07, 6.45) is 3.05. The number of carbonyl (C=O) groups excluding carboxylic acids is 3. The highest BCUT2D eigenvalue weighted by atomic mass is 16.5. The molecule has 1 aromatic heterocycles. The van der Waals surface area contributed by atoms with Crippen LogP contribution in [0.1, 0.15) is 39.4 Å². The first kappa shape index (κ1) is 22.3. The van der Waals surface area contributed by atoms with E-state index in [4.69, 9.17) is 18.6 Å². The summed E-state index contributed by atoms with van der Waals surface area (Å²) in [7, 11) is 2.30. The average Bonchev–Trinajstić information content (AvgIpc) is 3.13. The van der Waals surface area contributed by atoms with Crippen LogP contribution in [0.25, 0.3) is 0 Å². The van der Waals surface area contributed by atoms with E-state index in [9.17, 15) is 14.4 Å². The van der Waals surface area contributed by atoms with Gasteiger partial charge in [0.1, 0.15) is 5.76 Å². The van der Waals surface area contributed by atoms with Crippen LogP contribution in [0.2, 0.25) is 0 Å². The summed E-state index contributed by atoms with van der Waals surface area (Å²) in [6, 6.07) is 3.14. The summed E-state index contributed by atoms with van der Waals surface area (Å²) >= 11 is 0. The minimum Gasteiger partial charge on any atom is -0.469 e. The Morgan fingerprint density at radius 3 is 2.19 bits per heavy atom. The molecule has 7 heteroatoms. The monoisotopic (exact) mass is 378 g/mol. The van der Waals surface area contributed by atoms with Gasteiger partial charge in [-0.05, 0) is 30.5 Å². The molecule has 0 aromatic carbocycles. The van der Waals surface area contributed by atoms with Crippen molar-refractivity contribution < 1.29 is 33.0 Å². The Kier molecular flexibility index (Phi) is 8.06. The zero-order valence-corrected chi connectivity index (χ0v) is 16.5. The van der Waals surface area contributed by atoms with Crippen LogP contribution in [-0.4, -0.2) is 38.7 Å². The summed E-state index contributed by atoms with van der Waals surface area (Å²) in [5.74, 6) is -4.78. The molecule has 0 saturated heterocycles. The second-order valence-corrected chi connectivity index (χ2v) is 6.81. The van der Waals surface area contributed by atoms with Crippen molar-refractivity contribution in [3.63, 3.8) is 0 Å². The average molecular weight is 378 g/mol. The molecule has 0 aliphatic carbocycles. The van der Waals surface area contributed by atoms with Gasteiger partial charge in [-0.1, -0.05) is 20.8 Å². The first-order valence-electron chi connectivity index (χ1n) is 8.50. The van der Waals surface area contributed by atoms with Crippen molar-refractivity contribution in [1.82, 2.24) is 0 Å². The number of methoxy groups -OCH3 is 2. The van der Waals surface area contributed by atoms with E-state index in [1.165, 1.54) is 6.26 Å². The first-order valence-corrected chi connectivity index (χ1v) is 8.50. The molecule has 1 heterocycles. The lowest BCUT2D eigenvalue weighted by molar-refractivity contribution is -0.159. The molecule has 0 saturated carbocycles. The Balaban J connectivity index is 3.71. The van der Waals surface area contributed by atoms with Crippen LogP contribution in [0.15, 0.2) is 40.2 Å². The van der Waals surface area contributed by atoms with Gasteiger partial charge in [-0.15, -0.1) is 5.73 Å². The van der Waals surface area contributed by atoms with E-state index in [0.717, 1.165) is 14.2 Å². The van der Waals surface area contributed by atoms with Gasteiger partial charge in [-0.25, -0.2) is 4.79 Å². The Morgan fingerprint density at radius 1 is 1.19 bits per heavy atom. The molecular weight excluding hydrogens is 352 g/mol. The lowest BCUT2D eigenvalue weighted by atomic mass is 9.83. The summed E-state index contributed by atoms with van der Waals surface area (Å²) in [5, 5.41) is 0. The molecular formula is C20H26O7. The number of hydrogen-bond acceptors (Lipinski definition) is 7. The summed E-state index contributed by atoms with van der Waals surface area (Å²) in [6.45, 7) is 7.53. The van der Waals surface area contributed by atoms with Crippen molar-refractivity contribution in [3.8, 4) is 0 Å². The molecule has 0 aliphatic heterocycles. The highest BCUT2D eigenvalue weighted by Crippen LogP contribution is 2.35. The van der Waals surface area contributed by atoms with E-state index >= 15 is 0 Å². The first-order chi connectivity index (χ1) is 12.7. The Morgan fingerprint density at radius 2 is 1.78 bits per heavy atom. The lowest BCUT2D eigenvalue weighted by Crippen LogP contribution is -2.34. The van der Waals surface area contributed by atoms with Crippen LogP contribution in [0.3, 0.4) is 0 Å². The number of carbonyl (C=O) groups is 3. The smallest absolute Gasteiger partial charge is 0.342 e. The maximum absolute atomic E-state index is 12.6. The second-order valence-electron chi connectivity index (χ2n) is 6.81. The van der Waals surface area contributed by atoms with Gasteiger partial charge in [0.25, 0.3) is 0 Å². The highest BCUT2D eigenvalue weighted by molar-refractivity contribution is 6.00. The molecule has 1 aromatic rings. The third-order valence-electron chi connectivity index (χ3n) is 3.56. The van der Waals surface area contributed by atoms with Crippen molar-refractivity contribution in [2.75, 3.05) is 20.8 Å². The molecule has 1 atom stereocenters. The fourth-order valence-corrected chi connectivity index (χ4v) is 2.34. The largest absolute Gasteiger partial charge is 0.469 e. The number of esters is 3. The summed E-state index contributed by atoms with van der Waals surface area (Å²) < 4.78 is 20.1. The normalized spacial score (nSPS) is 12.0. The van der Waals surface area contributed by atoms with Crippen molar-refractivity contribution in [2.24, 2.45) is 11.3 Å². The fraction of sp³-hybridized carbons (Fsp3) is 0.500. The molecule has 1 unspecified atom stereocenters. The van der Waals surface area contributed by atoms with Crippen LogP contribution in [0, 0.1) is 11.3 Å². The predicted octanol–water partition coefficient (Wildman–Crippen LogP) is 3.02. The van der Waals surface area contributed by atoms with Crippen LogP contribution < -0.4 is 0 Å². The highest BCUT2D eigenvalue weighted by Gasteiger charge is 2.44. The van der Waals surface area contributed by atoms with Gasteiger partial charge >= 0.3 is 17.9 Å². The quantitative estimate of drug-likeness (QED) is 0.237. The third kappa shape index (κ3) is 6.15. The van der Waals surface area contributed by atoms with E-state index in [1.807, 2.05) is 20.8 Å². The molecule has 0 N–H and O–H groups in total. The molecule has 0 radical (unpaired) electrons. The molecule has 0 fully saturated rings. The van der Waals surface area contributed by atoms with Crippen molar-refractivity contribution in [3.05, 3.63) is 41.5 Å². The van der Waals surface area contributed by atoms with Gasteiger partial charge in [0.2, 0.25) is 0 Å². The van der Waals surface area contributed by atoms with Gasteiger partial charge in [0.15, 0.2) is 5.92 Å². The number of ether oxygens (including phenoxy) is 3. The van der Waals surface area contributed by atoms with Crippen LogP contribution >= 0.6 is 0 Å². The minimum absolute atomic E-state index is 0.0254. The molecule has 148 valence electrons. The standard InChI is InChI=1S/C20H26O7/c1-7-26-17(21)13(10-11-20(2,3)4)15(14-9-8-12-27-14)16(18(22)24-5)19(23)25-6/h8-9,11-12,15-16H,7H2,1-6H3. The van der Waals surface area contributed by atoms with Crippen LogP contribution in [0.4, 0.5) is 0 Å². The number of furan rings is 1. The van der Waals surface area contributed by atoms with E-state index < -0.39 is 29.7 Å². The van der Waals surface area contributed by atoms with Crippen molar-refractivity contribution in [1.29, 1.82) is 0 Å². The van der Waals surface area contributed by atoms with E-state index in [1.54, 1.807) is 25.1 Å². The van der Waals surface area contributed by atoms with Crippen molar-refractivity contribution >= 4 is 17.9 Å². The fourth-order valence-electron chi connectivity index (χ4n) is 2.34. The lowest BCUT2D eigenvalue weighted by Gasteiger charge is -2.22. The molecule has 27 heavy (non-hydrogen) atoms. The molecule has 0 bridgehead atoms. The van der Waals surface area contributed by atoms with Gasteiger partial charge in [0.05, 0.1) is 38.6 Å². The molecule has 0 amide bonds. The maximum Gasteiger partial charge on any atom is 0.342 e. The van der Waals surface area contributed by atoms with Gasteiger partial charge in [-0.2, -0.15) is 0 Å². The number of rotatable bonds is 7. The van der Waals surface area contributed by atoms with Gasteiger partial charge < -0.3 is 18.6 Å². The summed E-state index contributed by atoms with van der Waals surface area (Å²) in [5.41, 5.74) is 2.58. The third-order valence-corrected chi connectivity index (χ3v) is 3.56. The van der Waals surface area contributed by atoms with Gasteiger partial charge in [-0.3, -0.25) is 9.59 Å². The van der Waals surface area contributed by atoms with Gasteiger partial charge in [0, 0.05) is 0 Å². The molecule has 7 nitrogen and oxygen atoms in total. The Labute approximate surface area is 159 Å². The SMILES string of the molecule is CCOC(=O)C(=C=CC(C)(C)C)C(c1ccco1)C(C(=O)OC)C(=O)OC. The number of hydrogen-bond donors (Lipinski definition) is 0. The zero-order chi connectivity index (χ0) is 20.6. The topological polar surface area (TPSA) is 92.0 Å². The molecule has 1 rings (SSSR count). The minimum atomic E-state index is -1.45. The van der Waals surface area contributed by atoms with E-state index in [0.29, 0.717) is 0 Å². The Bertz CT molecular complexity index is 700. The maximum atomic E-state index is 12.6. The van der Waals surface area contributed by atoms with Crippen LogP contribution in [0.5, 0.6) is 0 Å². The van der Waals surface area contributed by atoms with E-state index in [-0.39, 0.29) is 23.4 Å². The zero-order valence-electron chi connectivity index (χ0n) is 16.5. The Hall–Kier alpha value is -2.79. The van der Waals surface area contributed by atoms with Crippen LogP contribution in [-0.2, 0) is 28.6 Å². The van der Waals surface area contributed by atoms with E-state index in [2.05, 4.69) is 5.73 Å².